The molecule has 0 N–H and O–H groups in total. The minimum Gasteiger partial charge on any atom is -0.495 e. The first kappa shape index (κ1) is 50.1. The summed E-state index contributed by atoms with van der Waals surface area (Å²) in [5, 5.41) is 0. The van der Waals surface area contributed by atoms with Crippen LogP contribution >= 0.6 is 0 Å². The van der Waals surface area contributed by atoms with Crippen molar-refractivity contribution < 1.29 is 9.30 Å². The molecule has 0 amide bonds. The van der Waals surface area contributed by atoms with Crippen molar-refractivity contribution in [2.24, 2.45) is 5.41 Å². The highest BCUT2D eigenvalue weighted by Gasteiger charge is 2.28. The third kappa shape index (κ3) is 14.8. The quantitative estimate of drug-likeness (QED) is 0.0512. The van der Waals surface area contributed by atoms with Gasteiger partial charge < -0.3 is 4.74 Å². The monoisotopic (exact) mass is 773 g/mol. The van der Waals surface area contributed by atoms with Gasteiger partial charge in [-0.25, -0.2) is 0 Å². The van der Waals surface area contributed by atoms with Crippen LogP contribution in [0.4, 0.5) is 0 Å². The van der Waals surface area contributed by atoms with E-state index < -0.39 is 0 Å². The maximum absolute atomic E-state index is 6.22. The smallest absolute Gasteiger partial charge is 0.219 e. The lowest BCUT2D eigenvalue weighted by atomic mass is 9.86. The molecule has 0 fully saturated rings. The van der Waals surface area contributed by atoms with Gasteiger partial charge >= 0.3 is 0 Å². The van der Waals surface area contributed by atoms with Gasteiger partial charge in [0.25, 0.3) is 0 Å². The lowest BCUT2D eigenvalue weighted by molar-refractivity contribution is -0.600. The van der Waals surface area contributed by atoms with Gasteiger partial charge in [-0.05, 0) is 79.0 Å². The van der Waals surface area contributed by atoms with Crippen LogP contribution in [-0.2, 0) is 0 Å². The number of hydrogen-bond donors (Lipinski definition) is 0. The summed E-state index contributed by atoms with van der Waals surface area (Å²) in [6.07, 6.45) is 31.6. The Bertz CT molecular complexity index is 2060. The number of aromatic nitrogens is 1. The van der Waals surface area contributed by atoms with Crippen LogP contribution in [0, 0.1) is 5.41 Å². The maximum Gasteiger partial charge on any atom is 0.219 e. The normalized spacial score (nSPS) is 11.6. The number of benzene rings is 2. The van der Waals surface area contributed by atoms with Crippen molar-refractivity contribution in [3.05, 3.63) is 207 Å². The van der Waals surface area contributed by atoms with Crippen molar-refractivity contribution in [2.75, 3.05) is 7.11 Å². The minimum absolute atomic E-state index is 0.198. The lowest BCUT2D eigenvalue weighted by Crippen LogP contribution is -2.40. The van der Waals surface area contributed by atoms with Gasteiger partial charge in [-0.15, -0.1) is 18.9 Å². The van der Waals surface area contributed by atoms with Crippen LogP contribution in [0.25, 0.3) is 39.1 Å². The Balaban J connectivity index is 0.00000321. The molecule has 3 aromatic rings. The van der Waals surface area contributed by atoms with Crippen molar-refractivity contribution >= 4 is 22.3 Å². The topological polar surface area (TPSA) is 13.1 Å². The summed E-state index contributed by atoms with van der Waals surface area (Å²) in [5.74, 6) is 0.720. The average molecular weight is 773 g/mol. The summed E-state index contributed by atoms with van der Waals surface area (Å²) < 4.78 is 8.51. The Kier molecular flexibility index (Phi) is 23.8. The van der Waals surface area contributed by atoms with E-state index in [1.165, 1.54) is 0 Å². The summed E-state index contributed by atoms with van der Waals surface area (Å²) in [5.41, 5.74) is 14.1. The second-order valence-corrected chi connectivity index (χ2v) is 13.9. The molecular formula is C56H70NO+. The summed E-state index contributed by atoms with van der Waals surface area (Å²) in [4.78, 5) is 0. The van der Waals surface area contributed by atoms with Gasteiger partial charge in [-0.2, -0.15) is 4.57 Å². The number of ether oxygens (including phenoxy) is 1. The van der Waals surface area contributed by atoms with Crippen LogP contribution in [0.1, 0.15) is 104 Å². The number of pyridine rings is 1. The fourth-order valence-electron chi connectivity index (χ4n) is 5.84. The summed E-state index contributed by atoms with van der Waals surface area (Å²) in [6.45, 7) is 41.3. The molecule has 0 radical (unpaired) electrons. The van der Waals surface area contributed by atoms with E-state index in [4.69, 9.17) is 4.74 Å². The lowest BCUT2D eigenvalue weighted by Gasteiger charge is -2.19. The molecule has 2 aromatic carbocycles. The molecule has 0 atom stereocenters. The van der Waals surface area contributed by atoms with Crippen molar-refractivity contribution in [2.45, 2.75) is 81.1 Å². The fraction of sp³-hybridized carbons (Fsp3) is 0.250. The highest BCUT2D eigenvalue weighted by atomic mass is 16.5. The molecule has 3 rings (SSSR count). The van der Waals surface area contributed by atoms with Crippen molar-refractivity contribution in [1.82, 2.24) is 0 Å². The Hall–Kier alpha value is -5.95. The summed E-state index contributed by atoms with van der Waals surface area (Å²) >= 11 is 0. The van der Waals surface area contributed by atoms with E-state index in [-0.39, 0.29) is 5.41 Å². The zero-order valence-corrected chi connectivity index (χ0v) is 37.2. The first-order valence-electron chi connectivity index (χ1n) is 20.5. The highest BCUT2D eigenvalue weighted by Crippen LogP contribution is 2.38. The van der Waals surface area contributed by atoms with Gasteiger partial charge in [0, 0.05) is 46.5 Å². The number of rotatable bonds is 19. The van der Waals surface area contributed by atoms with Crippen molar-refractivity contribution in [1.29, 1.82) is 0 Å². The molecule has 0 spiro atoms. The highest BCUT2D eigenvalue weighted by molar-refractivity contribution is 5.87. The molecule has 0 saturated carbocycles. The van der Waals surface area contributed by atoms with E-state index in [0.717, 1.165) is 86.6 Å². The van der Waals surface area contributed by atoms with Gasteiger partial charge in [0.15, 0.2) is 0 Å². The molecule has 58 heavy (non-hydrogen) atoms. The Morgan fingerprint density at radius 1 is 0.828 bits per heavy atom. The van der Waals surface area contributed by atoms with Gasteiger partial charge in [0.1, 0.15) is 5.75 Å². The zero-order chi connectivity index (χ0) is 43.5. The molecule has 0 aliphatic heterocycles. The predicted octanol–water partition coefficient (Wildman–Crippen LogP) is 16.2. The molecule has 0 bridgehead atoms. The van der Waals surface area contributed by atoms with Gasteiger partial charge in [0.2, 0.25) is 17.1 Å². The molecule has 304 valence electrons. The minimum atomic E-state index is 0.198. The van der Waals surface area contributed by atoms with Crippen molar-refractivity contribution in [3.8, 4) is 22.6 Å². The van der Waals surface area contributed by atoms with Crippen LogP contribution in [0.3, 0.4) is 0 Å². The third-order valence-corrected chi connectivity index (χ3v) is 9.18. The Morgan fingerprint density at radius 3 is 1.98 bits per heavy atom. The van der Waals surface area contributed by atoms with Crippen LogP contribution < -0.4 is 9.30 Å². The molecule has 0 unspecified atom stereocenters. The standard InChI is InChI=1S/C51H58NO.C3H6.C2H6/c1-12-19-22-31-41(17-6)49-36-44(42-32-23-21-24-33-42)35-48(40(16-5)30-20-13-2)52(49)45-37-46(39(8)29-25-26-34-51(9,10)18-7)50(53-11)47(38-45)43(27-14-3)28-15-4;1-3-2;1-2/h13-17,19,21-24,26-33,35-38H,2-3,5-6,8,12,18,20,34H2,1,4,7,9-11H3;3H,1H2,2H3;1-2H3/q+1;;/b22-19-,28-15-,40-30?,41-31+,43-27+;;. The fourth-order valence-corrected chi connectivity index (χ4v) is 5.84. The zero-order valence-electron chi connectivity index (χ0n) is 37.2. The van der Waals surface area contributed by atoms with E-state index >= 15 is 0 Å². The second kappa shape index (κ2) is 27.6. The van der Waals surface area contributed by atoms with Crippen molar-refractivity contribution in [3.63, 3.8) is 0 Å². The van der Waals surface area contributed by atoms with Gasteiger partial charge in [-0.3, -0.25) is 0 Å². The maximum atomic E-state index is 6.22. The molecular weight excluding hydrogens is 703 g/mol. The SMILES string of the molecule is C=C/C=C(\C=C/C)c1cc(-[n+]2c(C(C=C)=CCC=C)cc(-c3ccccc3)cc2/C(C=C)=C/C=C\CC)cc(C(=C)C=C=CCC(C)(C)CC)c1OC.C=CC.CC. The Morgan fingerprint density at radius 2 is 1.45 bits per heavy atom. The van der Waals surface area contributed by atoms with E-state index in [2.05, 4.69) is 162 Å². The second-order valence-electron chi connectivity index (χ2n) is 13.9. The molecule has 1 heterocycles. The van der Waals surface area contributed by atoms with E-state index in [1.807, 2.05) is 70.2 Å². The molecule has 0 aliphatic carbocycles. The van der Waals surface area contributed by atoms with Crippen LogP contribution in [-0.4, -0.2) is 7.11 Å². The van der Waals surface area contributed by atoms with E-state index in [1.54, 1.807) is 19.3 Å². The van der Waals surface area contributed by atoms with Crippen LogP contribution in [0.15, 0.2) is 185 Å². The first-order chi connectivity index (χ1) is 28.0. The van der Waals surface area contributed by atoms with E-state index in [0.29, 0.717) is 6.42 Å². The third-order valence-electron chi connectivity index (χ3n) is 9.18. The van der Waals surface area contributed by atoms with Crippen LogP contribution in [0.2, 0.25) is 0 Å². The molecule has 0 aliphatic rings. The largest absolute Gasteiger partial charge is 0.495 e. The molecule has 0 saturated heterocycles. The molecule has 2 heteroatoms. The molecule has 2 nitrogen and oxygen atoms in total. The van der Waals surface area contributed by atoms with E-state index in [9.17, 15) is 0 Å². The number of allylic oxidation sites excluding steroid dienone is 17. The predicted molar refractivity (Wildman–Crippen MR) is 261 cm³/mol. The number of nitrogens with zero attached hydrogens (tertiary/aromatic N) is 1. The van der Waals surface area contributed by atoms with Gasteiger partial charge in [0.05, 0.1) is 7.11 Å². The van der Waals surface area contributed by atoms with Gasteiger partial charge in [-0.1, -0.05) is 171 Å². The molecule has 1 aromatic heterocycles. The Labute approximate surface area is 353 Å². The summed E-state index contributed by atoms with van der Waals surface area (Å²) in [6, 6.07) is 19.3. The average Bonchev–Trinajstić information content (AvgIpc) is 3.24. The summed E-state index contributed by atoms with van der Waals surface area (Å²) in [7, 11) is 1.71. The first-order valence-corrected chi connectivity index (χ1v) is 20.5. The number of hydrogen-bond acceptors (Lipinski definition) is 1. The number of methoxy groups -OCH3 is 1. The van der Waals surface area contributed by atoms with Crippen LogP contribution in [0.5, 0.6) is 5.75 Å².